The molecule has 0 aliphatic rings. The summed E-state index contributed by atoms with van der Waals surface area (Å²) in [4.78, 5) is 4.07. The summed E-state index contributed by atoms with van der Waals surface area (Å²) in [6.07, 6.45) is 5.17. The maximum absolute atomic E-state index is 10.8. The fourth-order valence-corrected chi connectivity index (χ4v) is 2.09. The van der Waals surface area contributed by atoms with Crippen molar-refractivity contribution in [1.82, 2.24) is 4.98 Å². The number of pyridine rings is 1. The Hall–Kier alpha value is -1.72. The third-order valence-corrected chi connectivity index (χ3v) is 3.23. The van der Waals surface area contributed by atoms with Crippen molar-refractivity contribution in [3.63, 3.8) is 0 Å². The van der Waals surface area contributed by atoms with Crippen LogP contribution in [-0.4, -0.2) is 26.3 Å². The summed E-state index contributed by atoms with van der Waals surface area (Å²) in [6.45, 7) is 0.172. The highest BCUT2D eigenvalue weighted by Crippen LogP contribution is 2.18. The van der Waals surface area contributed by atoms with Crippen molar-refractivity contribution in [2.75, 3.05) is 12.9 Å². The number of rotatable bonds is 5. The Bertz CT molecular complexity index is 622. The van der Waals surface area contributed by atoms with Crippen LogP contribution < -0.4 is 0 Å². The zero-order valence-corrected chi connectivity index (χ0v) is 11.4. The van der Waals surface area contributed by atoms with Crippen LogP contribution in [0, 0.1) is 0 Å². The van der Waals surface area contributed by atoms with E-state index in [-0.39, 0.29) is 6.61 Å². The minimum atomic E-state index is -3.35. The van der Waals surface area contributed by atoms with Crippen molar-refractivity contribution in [1.29, 1.82) is 0 Å². The molecule has 2 rings (SSSR count). The molecule has 0 unspecified atom stereocenters. The van der Waals surface area contributed by atoms with E-state index < -0.39 is 10.1 Å². The van der Waals surface area contributed by atoms with E-state index in [2.05, 4.69) is 4.98 Å². The summed E-state index contributed by atoms with van der Waals surface area (Å²) in [6, 6.07) is 11.8. The van der Waals surface area contributed by atoms with Gasteiger partial charge in [0.15, 0.2) is 0 Å². The van der Waals surface area contributed by atoms with Gasteiger partial charge in [-0.3, -0.25) is 9.17 Å². The molecule has 1 aromatic heterocycles. The van der Waals surface area contributed by atoms with Gasteiger partial charge in [0, 0.05) is 12.4 Å². The molecule has 0 aliphatic carbocycles. The predicted octanol–water partition coefficient (Wildman–Crippen LogP) is 2.27. The van der Waals surface area contributed by atoms with Crippen molar-refractivity contribution >= 4 is 10.1 Å². The maximum Gasteiger partial charge on any atom is 0.264 e. The monoisotopic (exact) mass is 277 g/mol. The largest absolute Gasteiger partial charge is 0.270 e. The summed E-state index contributed by atoms with van der Waals surface area (Å²) >= 11 is 0. The van der Waals surface area contributed by atoms with Gasteiger partial charge in [-0.15, -0.1) is 0 Å². The predicted molar refractivity (Wildman–Crippen MR) is 74.2 cm³/mol. The van der Waals surface area contributed by atoms with Gasteiger partial charge in [0.05, 0.1) is 12.9 Å². The molecule has 0 saturated heterocycles. The lowest BCUT2D eigenvalue weighted by atomic mass is 10.0. The molecule has 0 spiro atoms. The van der Waals surface area contributed by atoms with Crippen LogP contribution in [-0.2, 0) is 20.7 Å². The van der Waals surface area contributed by atoms with Crippen LogP contribution in [0.5, 0.6) is 0 Å². The normalized spacial score (nSPS) is 11.4. The average Bonchev–Trinajstić information content (AvgIpc) is 2.39. The van der Waals surface area contributed by atoms with Crippen molar-refractivity contribution in [3.05, 3.63) is 54.4 Å². The zero-order chi connectivity index (χ0) is 13.7. The van der Waals surface area contributed by atoms with Gasteiger partial charge in [0.2, 0.25) is 0 Å². The number of benzene rings is 1. The second kappa shape index (κ2) is 5.95. The molecule has 2 aromatic rings. The van der Waals surface area contributed by atoms with Gasteiger partial charge in [0.1, 0.15) is 0 Å². The molecule has 0 radical (unpaired) electrons. The standard InChI is InChI=1S/C14H15NO3S/c1-19(16,17)18-10-8-12-4-6-13(7-5-12)14-3-2-9-15-11-14/h2-7,9,11H,8,10H2,1H3. The first-order valence-corrected chi connectivity index (χ1v) is 7.70. The molecule has 5 heteroatoms. The molecule has 0 bridgehead atoms. The molecule has 100 valence electrons. The maximum atomic E-state index is 10.8. The quantitative estimate of drug-likeness (QED) is 0.787. The van der Waals surface area contributed by atoms with Crippen LogP contribution in [0.4, 0.5) is 0 Å². The first-order valence-electron chi connectivity index (χ1n) is 5.88. The Morgan fingerprint density at radius 3 is 2.42 bits per heavy atom. The van der Waals surface area contributed by atoms with Crippen LogP contribution in [0.1, 0.15) is 5.56 Å². The summed E-state index contributed by atoms with van der Waals surface area (Å²) in [5.74, 6) is 0. The highest BCUT2D eigenvalue weighted by Gasteiger charge is 2.02. The van der Waals surface area contributed by atoms with E-state index in [0.29, 0.717) is 6.42 Å². The zero-order valence-electron chi connectivity index (χ0n) is 10.6. The minimum absolute atomic E-state index is 0.172. The van der Waals surface area contributed by atoms with E-state index in [0.717, 1.165) is 22.9 Å². The van der Waals surface area contributed by atoms with E-state index in [1.165, 1.54) is 0 Å². The fourth-order valence-electron chi connectivity index (χ4n) is 1.71. The molecule has 1 aromatic carbocycles. The van der Waals surface area contributed by atoms with Gasteiger partial charge in [-0.25, -0.2) is 0 Å². The third kappa shape index (κ3) is 4.46. The highest BCUT2D eigenvalue weighted by atomic mass is 32.2. The molecule has 4 nitrogen and oxygen atoms in total. The van der Waals surface area contributed by atoms with Crippen molar-refractivity contribution in [3.8, 4) is 11.1 Å². The summed E-state index contributed by atoms with van der Waals surface area (Å²) in [5, 5.41) is 0. The molecule has 19 heavy (non-hydrogen) atoms. The van der Waals surface area contributed by atoms with Gasteiger partial charge < -0.3 is 0 Å². The van der Waals surface area contributed by atoms with Crippen LogP contribution in [0.25, 0.3) is 11.1 Å². The molecular formula is C14H15NO3S. The van der Waals surface area contributed by atoms with E-state index in [1.54, 1.807) is 6.20 Å². The second-order valence-electron chi connectivity index (χ2n) is 4.21. The molecule has 0 amide bonds. The van der Waals surface area contributed by atoms with E-state index >= 15 is 0 Å². The topological polar surface area (TPSA) is 56.3 Å². The average molecular weight is 277 g/mol. The molecular weight excluding hydrogens is 262 g/mol. The smallest absolute Gasteiger partial charge is 0.264 e. The molecule has 1 heterocycles. The minimum Gasteiger partial charge on any atom is -0.270 e. The van der Waals surface area contributed by atoms with Crippen molar-refractivity contribution in [2.45, 2.75) is 6.42 Å². The molecule has 0 N–H and O–H groups in total. The van der Waals surface area contributed by atoms with E-state index in [1.807, 2.05) is 42.6 Å². The summed E-state index contributed by atoms with van der Waals surface area (Å²) in [7, 11) is -3.35. The lowest BCUT2D eigenvalue weighted by Gasteiger charge is -2.04. The van der Waals surface area contributed by atoms with Gasteiger partial charge in [0.25, 0.3) is 10.1 Å². The van der Waals surface area contributed by atoms with Crippen LogP contribution in [0.2, 0.25) is 0 Å². The van der Waals surface area contributed by atoms with E-state index in [9.17, 15) is 8.42 Å². The third-order valence-electron chi connectivity index (χ3n) is 2.64. The van der Waals surface area contributed by atoms with Crippen LogP contribution >= 0.6 is 0 Å². The summed E-state index contributed by atoms with van der Waals surface area (Å²) < 4.78 is 26.4. The first kappa shape index (κ1) is 13.7. The lowest BCUT2D eigenvalue weighted by Crippen LogP contribution is -2.06. The highest BCUT2D eigenvalue weighted by molar-refractivity contribution is 7.85. The number of nitrogens with zero attached hydrogens (tertiary/aromatic N) is 1. The van der Waals surface area contributed by atoms with Gasteiger partial charge in [-0.1, -0.05) is 30.3 Å². The van der Waals surface area contributed by atoms with Gasteiger partial charge in [-0.2, -0.15) is 8.42 Å². The molecule has 0 fully saturated rings. The molecule has 0 aliphatic heterocycles. The van der Waals surface area contributed by atoms with Crippen LogP contribution in [0.15, 0.2) is 48.8 Å². The number of hydrogen-bond donors (Lipinski definition) is 0. The SMILES string of the molecule is CS(=O)(=O)OCCc1ccc(-c2cccnc2)cc1. The van der Waals surface area contributed by atoms with Crippen molar-refractivity contribution in [2.24, 2.45) is 0 Å². The Kier molecular flexibility index (Phi) is 4.29. The van der Waals surface area contributed by atoms with Crippen LogP contribution in [0.3, 0.4) is 0 Å². The van der Waals surface area contributed by atoms with Gasteiger partial charge >= 0.3 is 0 Å². The Morgan fingerprint density at radius 1 is 1.11 bits per heavy atom. The van der Waals surface area contributed by atoms with Crippen molar-refractivity contribution < 1.29 is 12.6 Å². The number of aromatic nitrogens is 1. The lowest BCUT2D eigenvalue weighted by molar-refractivity contribution is 0.326. The van der Waals surface area contributed by atoms with E-state index in [4.69, 9.17) is 4.18 Å². The Balaban J connectivity index is 1.99. The number of hydrogen-bond acceptors (Lipinski definition) is 4. The molecule has 0 atom stereocenters. The summed E-state index contributed by atoms with van der Waals surface area (Å²) in [5.41, 5.74) is 3.18. The van der Waals surface area contributed by atoms with Gasteiger partial charge in [-0.05, 0) is 29.2 Å². The fraction of sp³-hybridized carbons (Fsp3) is 0.214. The second-order valence-corrected chi connectivity index (χ2v) is 5.86. The molecule has 0 saturated carbocycles. The first-order chi connectivity index (χ1) is 9.04. The Labute approximate surface area is 113 Å². The Morgan fingerprint density at radius 2 is 1.84 bits per heavy atom.